The highest BCUT2D eigenvalue weighted by Crippen LogP contribution is 2.56. The lowest BCUT2D eigenvalue weighted by Crippen LogP contribution is -2.85. The average Bonchev–Trinajstić information content (AvgIpc) is 3.28. The number of β-lactam (4-membered cyclic amide) rings is 1. The zero-order valence-corrected chi connectivity index (χ0v) is 19.1. The second-order valence-corrected chi connectivity index (χ2v) is 9.26. The third kappa shape index (κ3) is 2.85. The number of anilines is 1. The number of carbonyl (C=O) groups excluding carboxylic acids is 2. The van der Waals surface area contributed by atoms with Gasteiger partial charge < -0.3 is 29.1 Å². The van der Waals surface area contributed by atoms with Gasteiger partial charge in [-0.25, -0.2) is 0 Å². The predicted molar refractivity (Wildman–Crippen MR) is 119 cm³/mol. The van der Waals surface area contributed by atoms with Crippen molar-refractivity contribution in [1.82, 2.24) is 4.90 Å². The largest absolute Gasteiger partial charge is 0.375 e. The SMILES string of the molecule is CO[C@]1([C@]2(O)C(=O)N(Cc3ccccc3)[C@H]2[C@H]2COC(C)(C)O2)C(=O)N(C)c2ccccc21. The molecule has 0 radical (unpaired) electrons. The molecule has 8 nitrogen and oxygen atoms in total. The van der Waals surface area contributed by atoms with E-state index in [9.17, 15) is 14.7 Å². The molecule has 0 bridgehead atoms. The van der Waals surface area contributed by atoms with Gasteiger partial charge in [0.2, 0.25) is 11.2 Å². The molecule has 0 aromatic heterocycles. The molecule has 5 rings (SSSR count). The first-order chi connectivity index (χ1) is 15.7. The highest BCUT2D eigenvalue weighted by atomic mass is 16.7. The van der Waals surface area contributed by atoms with E-state index in [1.54, 1.807) is 50.1 Å². The topological polar surface area (TPSA) is 88.5 Å². The lowest BCUT2D eigenvalue weighted by atomic mass is 9.65. The molecular formula is C25H28N2O6. The minimum Gasteiger partial charge on any atom is -0.375 e. The predicted octanol–water partition coefficient (Wildman–Crippen LogP) is 1.80. The Morgan fingerprint density at radius 3 is 2.36 bits per heavy atom. The number of ether oxygens (including phenoxy) is 3. The number of nitrogens with zero attached hydrogens (tertiary/aromatic N) is 2. The number of hydrogen-bond donors (Lipinski definition) is 1. The summed E-state index contributed by atoms with van der Waals surface area (Å²) in [5.41, 5.74) is -2.13. The Morgan fingerprint density at radius 2 is 1.73 bits per heavy atom. The first-order valence-corrected chi connectivity index (χ1v) is 11.0. The van der Waals surface area contributed by atoms with Crippen molar-refractivity contribution in [1.29, 1.82) is 0 Å². The smallest absolute Gasteiger partial charge is 0.267 e. The monoisotopic (exact) mass is 452 g/mol. The van der Waals surface area contributed by atoms with E-state index in [4.69, 9.17) is 14.2 Å². The van der Waals surface area contributed by atoms with Gasteiger partial charge in [0.15, 0.2) is 5.79 Å². The van der Waals surface area contributed by atoms with Crippen LogP contribution in [0.5, 0.6) is 0 Å². The number of para-hydroxylation sites is 1. The number of aliphatic hydroxyl groups is 1. The van der Waals surface area contributed by atoms with E-state index in [1.807, 2.05) is 30.3 Å². The van der Waals surface area contributed by atoms with Crippen molar-refractivity contribution in [3.63, 3.8) is 0 Å². The number of fused-ring (bicyclic) bond motifs is 1. The lowest BCUT2D eigenvalue weighted by Gasteiger charge is -2.59. The third-order valence-electron chi connectivity index (χ3n) is 7.02. The van der Waals surface area contributed by atoms with Crippen LogP contribution in [0.2, 0.25) is 0 Å². The lowest BCUT2D eigenvalue weighted by molar-refractivity contribution is -0.263. The number of likely N-dealkylation sites (tertiary alicyclic amines) is 1. The molecule has 2 saturated heterocycles. The Labute approximate surface area is 192 Å². The summed E-state index contributed by atoms with van der Waals surface area (Å²) in [4.78, 5) is 30.4. The Balaban J connectivity index is 1.63. The molecule has 33 heavy (non-hydrogen) atoms. The van der Waals surface area contributed by atoms with Crippen LogP contribution in [0.3, 0.4) is 0 Å². The van der Waals surface area contributed by atoms with Crippen LogP contribution in [0.25, 0.3) is 0 Å². The molecule has 8 heteroatoms. The minimum absolute atomic E-state index is 0.171. The summed E-state index contributed by atoms with van der Waals surface area (Å²) >= 11 is 0. The maximum atomic E-state index is 13.8. The summed E-state index contributed by atoms with van der Waals surface area (Å²) in [5, 5.41) is 12.2. The van der Waals surface area contributed by atoms with Crippen molar-refractivity contribution in [3.05, 3.63) is 65.7 Å². The first kappa shape index (κ1) is 22.0. The zero-order chi connectivity index (χ0) is 23.6. The van der Waals surface area contributed by atoms with E-state index in [-0.39, 0.29) is 13.2 Å². The summed E-state index contributed by atoms with van der Waals surface area (Å²) in [7, 11) is 2.97. The Morgan fingerprint density at radius 1 is 1.06 bits per heavy atom. The van der Waals surface area contributed by atoms with Crippen molar-refractivity contribution in [2.24, 2.45) is 0 Å². The molecule has 3 aliphatic heterocycles. The second-order valence-electron chi connectivity index (χ2n) is 9.26. The summed E-state index contributed by atoms with van der Waals surface area (Å²) in [5.74, 6) is -1.95. The van der Waals surface area contributed by atoms with Crippen molar-refractivity contribution in [2.75, 3.05) is 25.7 Å². The van der Waals surface area contributed by atoms with Gasteiger partial charge in [-0.2, -0.15) is 0 Å². The number of amides is 2. The van der Waals surface area contributed by atoms with Gasteiger partial charge in [0.1, 0.15) is 12.1 Å². The number of rotatable bonds is 5. The molecule has 3 aliphatic rings. The van der Waals surface area contributed by atoms with Crippen LogP contribution in [0.1, 0.15) is 25.0 Å². The van der Waals surface area contributed by atoms with E-state index in [0.29, 0.717) is 11.3 Å². The molecule has 0 aliphatic carbocycles. The van der Waals surface area contributed by atoms with Crippen LogP contribution >= 0.6 is 0 Å². The molecule has 0 spiro atoms. The van der Waals surface area contributed by atoms with Crippen molar-refractivity contribution < 1.29 is 28.9 Å². The van der Waals surface area contributed by atoms with E-state index in [0.717, 1.165) is 5.56 Å². The highest BCUT2D eigenvalue weighted by molar-refractivity contribution is 6.13. The van der Waals surface area contributed by atoms with Crippen LogP contribution in [-0.2, 0) is 35.9 Å². The minimum atomic E-state index is -2.18. The fraction of sp³-hybridized carbons (Fsp3) is 0.440. The maximum absolute atomic E-state index is 13.8. The van der Waals surface area contributed by atoms with Crippen LogP contribution in [-0.4, -0.2) is 66.1 Å². The van der Waals surface area contributed by atoms with Gasteiger partial charge in [-0.15, -0.1) is 0 Å². The van der Waals surface area contributed by atoms with E-state index in [1.165, 1.54) is 12.0 Å². The molecule has 2 aromatic rings. The maximum Gasteiger partial charge on any atom is 0.267 e. The number of benzene rings is 2. The fourth-order valence-electron chi connectivity index (χ4n) is 5.53. The van der Waals surface area contributed by atoms with Gasteiger partial charge in [-0.3, -0.25) is 9.59 Å². The van der Waals surface area contributed by atoms with Crippen molar-refractivity contribution >= 4 is 17.5 Å². The Bertz CT molecular complexity index is 1110. The number of carbonyl (C=O) groups is 2. The summed E-state index contributed by atoms with van der Waals surface area (Å²) in [6.45, 7) is 4.00. The number of likely N-dealkylation sites (N-methyl/N-ethyl adjacent to an activating group) is 1. The van der Waals surface area contributed by atoms with Gasteiger partial charge in [-0.1, -0.05) is 48.5 Å². The van der Waals surface area contributed by atoms with Crippen LogP contribution in [0, 0.1) is 0 Å². The van der Waals surface area contributed by atoms with Crippen molar-refractivity contribution in [2.45, 2.75) is 49.5 Å². The quantitative estimate of drug-likeness (QED) is 0.696. The van der Waals surface area contributed by atoms with E-state index in [2.05, 4.69) is 0 Å². The Hall–Kier alpha value is -2.78. The van der Waals surface area contributed by atoms with E-state index < -0.39 is 40.9 Å². The van der Waals surface area contributed by atoms with Gasteiger partial charge in [0.05, 0.1) is 12.3 Å². The highest BCUT2D eigenvalue weighted by Gasteiger charge is 2.78. The molecule has 2 fully saturated rings. The molecule has 174 valence electrons. The molecule has 1 N–H and O–H groups in total. The molecular weight excluding hydrogens is 424 g/mol. The molecule has 4 atom stereocenters. The average molecular weight is 453 g/mol. The van der Waals surface area contributed by atoms with Gasteiger partial charge in [0.25, 0.3) is 11.8 Å². The zero-order valence-electron chi connectivity index (χ0n) is 19.1. The molecule has 3 heterocycles. The van der Waals surface area contributed by atoms with Crippen LogP contribution < -0.4 is 4.90 Å². The summed E-state index contributed by atoms with van der Waals surface area (Å²) in [6, 6.07) is 15.7. The fourth-order valence-corrected chi connectivity index (χ4v) is 5.53. The van der Waals surface area contributed by atoms with E-state index >= 15 is 0 Å². The molecule has 2 amide bonds. The standard InChI is InChI=1S/C25H28N2O6/c1-23(2)32-15-19(33-23)20-24(30,21(28)27(20)14-16-10-6-5-7-11-16)25(31-4)17-12-8-9-13-18(17)26(3)22(25)29/h5-13,19-20,30H,14-15H2,1-4H3/t19-,20+,24-,25+/m1/s1. The third-order valence-corrected chi connectivity index (χ3v) is 7.02. The molecule has 0 saturated carbocycles. The number of methoxy groups -OCH3 is 1. The van der Waals surface area contributed by atoms with Crippen molar-refractivity contribution in [3.8, 4) is 0 Å². The Kier molecular flexibility index (Phi) is 4.92. The summed E-state index contributed by atoms with van der Waals surface area (Å²) in [6.07, 6.45) is -0.649. The van der Waals surface area contributed by atoms with Gasteiger partial charge in [-0.05, 0) is 25.5 Å². The van der Waals surface area contributed by atoms with Gasteiger partial charge >= 0.3 is 0 Å². The van der Waals surface area contributed by atoms with Crippen LogP contribution in [0.4, 0.5) is 5.69 Å². The molecule has 2 aromatic carbocycles. The van der Waals surface area contributed by atoms with Crippen LogP contribution in [0.15, 0.2) is 54.6 Å². The first-order valence-electron chi connectivity index (χ1n) is 11.0. The van der Waals surface area contributed by atoms with Gasteiger partial charge in [0, 0.05) is 26.3 Å². The molecule has 0 unspecified atom stereocenters. The summed E-state index contributed by atoms with van der Waals surface area (Å²) < 4.78 is 17.7. The second kappa shape index (κ2) is 7.36. The number of hydrogen-bond acceptors (Lipinski definition) is 6. The normalized spacial score (nSPS) is 32.8.